The molecule has 0 amide bonds. The number of aryl methyl sites for hydroxylation is 1. The minimum Gasteiger partial charge on any atom is -0.444 e. The number of aliphatic imine (C=N–C) groups is 1. The lowest BCUT2D eigenvalue weighted by molar-refractivity contribution is 0.572. The maximum Gasteiger partial charge on any atom is 0.226 e. The van der Waals surface area contributed by atoms with Gasteiger partial charge in [0.25, 0.3) is 0 Å². The van der Waals surface area contributed by atoms with Crippen LogP contribution in [0.15, 0.2) is 58.1 Å². The maximum atomic E-state index is 14.1. The lowest BCUT2D eigenvalue weighted by Crippen LogP contribution is -2.44. The van der Waals surface area contributed by atoms with Crippen LogP contribution in [-0.2, 0) is 6.54 Å². The van der Waals surface area contributed by atoms with Gasteiger partial charge in [0.15, 0.2) is 5.96 Å². The van der Waals surface area contributed by atoms with E-state index in [0.29, 0.717) is 37.2 Å². The van der Waals surface area contributed by atoms with Crippen molar-refractivity contribution in [2.75, 3.05) is 25.0 Å². The number of halogens is 2. The first kappa shape index (κ1) is 20.8. The number of guanidine groups is 1. The smallest absolute Gasteiger partial charge is 0.226 e. The molecule has 6 nitrogen and oxygen atoms in total. The number of oxazole rings is 1. The average Bonchev–Trinajstić information content (AvgIpc) is 3.41. The molecule has 1 aromatic heterocycles. The Morgan fingerprint density at radius 3 is 2.77 bits per heavy atom. The second-order valence-electron chi connectivity index (χ2n) is 7.61. The highest BCUT2D eigenvalue weighted by Crippen LogP contribution is 2.24. The zero-order valence-corrected chi connectivity index (χ0v) is 17.5. The third kappa shape index (κ3) is 5.02. The molecule has 1 atom stereocenters. The highest BCUT2D eigenvalue weighted by atomic mass is 19.1. The SMILES string of the molecule is CN=C(NCc1coc(-c2ccc(C)cc2)n1)NC1CCN(c2ccc(F)cc2F)C1. The number of hydrogen-bond acceptors (Lipinski definition) is 4. The van der Waals surface area contributed by atoms with Crippen LogP contribution in [-0.4, -0.2) is 37.1 Å². The summed E-state index contributed by atoms with van der Waals surface area (Å²) in [4.78, 5) is 10.7. The molecule has 1 aliphatic heterocycles. The molecule has 162 valence electrons. The van der Waals surface area contributed by atoms with Gasteiger partial charge in [0.2, 0.25) is 5.89 Å². The van der Waals surface area contributed by atoms with E-state index >= 15 is 0 Å². The Kier molecular flexibility index (Phi) is 6.16. The summed E-state index contributed by atoms with van der Waals surface area (Å²) in [5.41, 5.74) is 3.29. The molecule has 0 bridgehead atoms. The second-order valence-corrected chi connectivity index (χ2v) is 7.61. The molecule has 2 N–H and O–H groups in total. The number of aromatic nitrogens is 1. The van der Waals surface area contributed by atoms with Crippen LogP contribution in [0, 0.1) is 18.6 Å². The predicted octanol–water partition coefficient (Wildman–Crippen LogP) is 3.87. The van der Waals surface area contributed by atoms with E-state index < -0.39 is 11.6 Å². The minimum absolute atomic E-state index is 0.0936. The molecule has 31 heavy (non-hydrogen) atoms. The van der Waals surface area contributed by atoms with Crippen molar-refractivity contribution in [3.05, 3.63) is 71.6 Å². The van der Waals surface area contributed by atoms with Crippen LogP contribution in [0.1, 0.15) is 17.7 Å². The van der Waals surface area contributed by atoms with Crippen molar-refractivity contribution >= 4 is 11.6 Å². The molecule has 3 aromatic rings. The van der Waals surface area contributed by atoms with Crippen LogP contribution in [0.4, 0.5) is 14.5 Å². The normalized spacial score (nSPS) is 16.6. The van der Waals surface area contributed by atoms with Gasteiger partial charge in [0.05, 0.1) is 17.9 Å². The van der Waals surface area contributed by atoms with Gasteiger partial charge in [-0.15, -0.1) is 0 Å². The first-order valence-corrected chi connectivity index (χ1v) is 10.2. The molecule has 1 fully saturated rings. The van der Waals surface area contributed by atoms with Crippen molar-refractivity contribution in [2.24, 2.45) is 4.99 Å². The van der Waals surface area contributed by atoms with E-state index in [2.05, 4.69) is 20.6 Å². The van der Waals surface area contributed by atoms with E-state index in [1.165, 1.54) is 17.7 Å². The maximum absolute atomic E-state index is 14.1. The Morgan fingerprint density at radius 1 is 1.23 bits per heavy atom. The van der Waals surface area contributed by atoms with Crippen LogP contribution in [0.2, 0.25) is 0 Å². The van der Waals surface area contributed by atoms with E-state index in [-0.39, 0.29) is 6.04 Å². The topological polar surface area (TPSA) is 65.7 Å². The highest BCUT2D eigenvalue weighted by Gasteiger charge is 2.25. The Labute approximate surface area is 180 Å². The summed E-state index contributed by atoms with van der Waals surface area (Å²) in [6.45, 7) is 3.77. The molecule has 2 heterocycles. The number of hydrogen-bond donors (Lipinski definition) is 2. The second kappa shape index (κ2) is 9.16. The van der Waals surface area contributed by atoms with Crippen molar-refractivity contribution in [3.63, 3.8) is 0 Å². The monoisotopic (exact) mass is 425 g/mol. The molecule has 4 rings (SSSR count). The minimum atomic E-state index is -0.571. The van der Waals surface area contributed by atoms with Crippen LogP contribution in [0.3, 0.4) is 0 Å². The van der Waals surface area contributed by atoms with Gasteiger partial charge in [-0.2, -0.15) is 0 Å². The Morgan fingerprint density at radius 2 is 2.03 bits per heavy atom. The molecule has 0 radical (unpaired) electrons. The summed E-state index contributed by atoms with van der Waals surface area (Å²) in [6.07, 6.45) is 2.45. The Hall–Kier alpha value is -3.42. The number of nitrogens with zero attached hydrogens (tertiary/aromatic N) is 3. The van der Waals surface area contributed by atoms with Crippen LogP contribution in [0.5, 0.6) is 0 Å². The number of anilines is 1. The molecule has 1 aliphatic rings. The van der Waals surface area contributed by atoms with E-state index in [9.17, 15) is 8.78 Å². The predicted molar refractivity (Wildman–Crippen MR) is 117 cm³/mol. The van der Waals surface area contributed by atoms with Crippen molar-refractivity contribution in [2.45, 2.75) is 25.9 Å². The summed E-state index contributed by atoms with van der Waals surface area (Å²) in [5.74, 6) is 0.0931. The molecular formula is C23H25F2N5O. The zero-order valence-electron chi connectivity index (χ0n) is 17.5. The van der Waals surface area contributed by atoms with E-state index in [1.807, 2.05) is 36.1 Å². The highest BCUT2D eigenvalue weighted by molar-refractivity contribution is 5.80. The lowest BCUT2D eigenvalue weighted by atomic mass is 10.1. The van der Waals surface area contributed by atoms with Crippen molar-refractivity contribution < 1.29 is 13.2 Å². The fourth-order valence-electron chi connectivity index (χ4n) is 3.61. The lowest BCUT2D eigenvalue weighted by Gasteiger charge is -2.20. The first-order chi connectivity index (χ1) is 15.0. The van der Waals surface area contributed by atoms with Gasteiger partial charge in [-0.25, -0.2) is 13.8 Å². The molecule has 1 unspecified atom stereocenters. The molecule has 1 saturated heterocycles. The van der Waals surface area contributed by atoms with Crippen molar-refractivity contribution in [3.8, 4) is 11.5 Å². The fourth-order valence-corrected chi connectivity index (χ4v) is 3.61. The van der Waals surface area contributed by atoms with Crippen molar-refractivity contribution in [1.29, 1.82) is 0 Å². The van der Waals surface area contributed by atoms with Crippen LogP contribution in [0.25, 0.3) is 11.5 Å². The van der Waals surface area contributed by atoms with Crippen LogP contribution >= 0.6 is 0 Å². The largest absolute Gasteiger partial charge is 0.444 e. The summed E-state index contributed by atoms with van der Waals surface area (Å²) < 4.78 is 32.8. The van der Waals surface area contributed by atoms with E-state index in [4.69, 9.17) is 4.42 Å². The number of rotatable bonds is 5. The summed E-state index contributed by atoms with van der Waals surface area (Å²) >= 11 is 0. The molecule has 0 aliphatic carbocycles. The summed E-state index contributed by atoms with van der Waals surface area (Å²) in [7, 11) is 1.70. The van der Waals surface area contributed by atoms with Gasteiger partial charge in [-0.05, 0) is 37.6 Å². The van der Waals surface area contributed by atoms with E-state index in [1.54, 1.807) is 13.3 Å². The Bertz CT molecular complexity index is 1060. The third-order valence-electron chi connectivity index (χ3n) is 5.29. The third-order valence-corrected chi connectivity index (χ3v) is 5.29. The molecule has 0 saturated carbocycles. The van der Waals surface area contributed by atoms with E-state index in [0.717, 1.165) is 23.7 Å². The number of benzene rings is 2. The van der Waals surface area contributed by atoms with Gasteiger partial charge in [-0.1, -0.05) is 17.7 Å². The molecular weight excluding hydrogens is 400 g/mol. The summed E-state index contributed by atoms with van der Waals surface area (Å²) in [5, 5.41) is 6.59. The average molecular weight is 425 g/mol. The Balaban J connectivity index is 1.31. The molecule has 0 spiro atoms. The van der Waals surface area contributed by atoms with Crippen LogP contribution < -0.4 is 15.5 Å². The summed E-state index contributed by atoms with van der Waals surface area (Å²) in [6, 6.07) is 11.8. The first-order valence-electron chi connectivity index (χ1n) is 10.2. The van der Waals surface area contributed by atoms with Gasteiger partial charge >= 0.3 is 0 Å². The van der Waals surface area contributed by atoms with Gasteiger partial charge < -0.3 is 20.0 Å². The van der Waals surface area contributed by atoms with Gasteiger partial charge in [-0.3, -0.25) is 4.99 Å². The quantitative estimate of drug-likeness (QED) is 0.480. The van der Waals surface area contributed by atoms with Gasteiger partial charge in [0, 0.05) is 37.8 Å². The molecule has 8 heteroatoms. The van der Waals surface area contributed by atoms with Gasteiger partial charge in [0.1, 0.15) is 17.9 Å². The van der Waals surface area contributed by atoms with Crippen molar-refractivity contribution in [1.82, 2.24) is 15.6 Å². The molecule has 2 aromatic carbocycles. The fraction of sp³-hybridized carbons (Fsp3) is 0.304. The number of nitrogens with one attached hydrogen (secondary N) is 2. The standard InChI is InChI=1S/C23H25F2N5O/c1-15-3-5-16(6-4-15)22-28-19(14-31-22)12-27-23(26-2)29-18-9-10-30(13-18)21-8-7-17(24)11-20(21)25/h3-8,11,14,18H,9-10,12-13H2,1-2H3,(H2,26,27,29). The zero-order chi connectivity index (χ0) is 21.8.